The number of ketones is 1. The molecule has 2 aliphatic heterocycles. The van der Waals surface area contributed by atoms with Crippen LogP contribution >= 0.6 is 11.6 Å². The highest BCUT2D eigenvalue weighted by Crippen LogP contribution is 2.35. The van der Waals surface area contributed by atoms with Gasteiger partial charge >= 0.3 is 0 Å². The number of nitrogens with one attached hydrogen (secondary N) is 2. The first-order valence-corrected chi connectivity index (χ1v) is 16.2. The first kappa shape index (κ1) is 33.5. The molecule has 3 aromatic carbocycles. The normalized spacial score (nSPS) is 21.0. The zero-order valence-corrected chi connectivity index (χ0v) is 26.7. The molecule has 0 aliphatic carbocycles. The third-order valence-corrected chi connectivity index (χ3v) is 9.31. The summed E-state index contributed by atoms with van der Waals surface area (Å²) in [5, 5.41) is 42.1. The van der Waals surface area contributed by atoms with Crippen molar-refractivity contribution in [2.45, 2.75) is 50.2 Å². The van der Waals surface area contributed by atoms with Crippen LogP contribution in [0.25, 0.3) is 33.3 Å². The molecule has 11 nitrogen and oxygen atoms in total. The number of rotatable bonds is 15. The minimum absolute atomic E-state index is 0.0386. The number of Topliss-reactive ketones (excluding diaryl/α,β-unsaturated/α-hetero) is 1. The van der Waals surface area contributed by atoms with Gasteiger partial charge in [-0.25, -0.2) is 0 Å². The van der Waals surface area contributed by atoms with Gasteiger partial charge in [0, 0.05) is 30.4 Å². The van der Waals surface area contributed by atoms with Gasteiger partial charge in [0.05, 0.1) is 49.1 Å². The quantitative estimate of drug-likeness (QED) is 0.104. The number of carbonyl (C=O) groups is 1. The van der Waals surface area contributed by atoms with E-state index in [1.165, 1.54) is 0 Å². The Hall–Kier alpha value is -3.39. The molecule has 0 saturated carbocycles. The molecule has 4 aromatic rings. The number of aliphatic hydroxyl groups excluding tert-OH is 4. The highest BCUT2D eigenvalue weighted by atomic mass is 35.5. The maximum absolute atomic E-state index is 12.2. The molecular weight excluding hydrogens is 626 g/mol. The number of ether oxygens (including phenoxy) is 3. The van der Waals surface area contributed by atoms with Crippen molar-refractivity contribution < 1.29 is 39.4 Å². The van der Waals surface area contributed by atoms with Crippen LogP contribution in [0.1, 0.15) is 24.8 Å². The number of nitrogens with zero attached hydrogens (tertiary/aromatic N) is 1. The fraction of sp³-hybridized carbons (Fsp3) is 0.429. The number of hydrogen-bond acceptors (Lipinski definition) is 10. The van der Waals surface area contributed by atoms with Gasteiger partial charge < -0.3 is 44.9 Å². The van der Waals surface area contributed by atoms with E-state index in [1.54, 1.807) is 0 Å². The molecule has 0 radical (unpaired) electrons. The summed E-state index contributed by atoms with van der Waals surface area (Å²) < 4.78 is 17.3. The van der Waals surface area contributed by atoms with Crippen LogP contribution in [0.15, 0.2) is 60.7 Å². The lowest BCUT2D eigenvalue weighted by molar-refractivity contribution is -0.124. The lowest BCUT2D eigenvalue weighted by Gasteiger charge is -2.26. The molecule has 2 saturated heterocycles. The fourth-order valence-corrected chi connectivity index (χ4v) is 6.37. The molecule has 2 aliphatic rings. The maximum atomic E-state index is 12.2. The van der Waals surface area contributed by atoms with Gasteiger partial charge in [0.1, 0.15) is 24.1 Å². The van der Waals surface area contributed by atoms with E-state index < -0.39 is 31.3 Å². The smallest absolute Gasteiger partial charge is 0.295 e. The van der Waals surface area contributed by atoms with E-state index in [4.69, 9.17) is 25.8 Å². The van der Waals surface area contributed by atoms with Crippen LogP contribution in [0.2, 0.25) is 5.02 Å². The minimum atomic E-state index is -1.15. The molecule has 0 unspecified atom stereocenters. The van der Waals surface area contributed by atoms with Crippen molar-refractivity contribution in [1.29, 1.82) is 0 Å². The fourth-order valence-electron chi connectivity index (χ4n) is 6.10. The van der Waals surface area contributed by atoms with Crippen molar-refractivity contribution in [3.63, 3.8) is 0 Å². The number of imidazole rings is 1. The highest BCUT2D eigenvalue weighted by Gasteiger charge is 2.48. The summed E-state index contributed by atoms with van der Waals surface area (Å²) in [4.78, 5) is 20.0. The van der Waals surface area contributed by atoms with Crippen molar-refractivity contribution >= 4 is 28.4 Å². The van der Waals surface area contributed by atoms with E-state index in [0.29, 0.717) is 49.1 Å². The molecule has 4 atom stereocenters. The minimum Gasteiger partial charge on any atom is -0.456 e. The lowest BCUT2D eigenvalue weighted by Crippen LogP contribution is -2.36. The van der Waals surface area contributed by atoms with Crippen molar-refractivity contribution in [2.24, 2.45) is 5.41 Å². The molecule has 0 bridgehead atoms. The molecule has 0 amide bonds. The first-order valence-electron chi connectivity index (χ1n) is 15.8. The Bertz CT molecular complexity index is 1650. The first-order chi connectivity index (χ1) is 22.8. The monoisotopic (exact) mass is 665 g/mol. The third kappa shape index (κ3) is 7.53. The van der Waals surface area contributed by atoms with E-state index >= 15 is 0 Å². The number of H-pyrrole nitrogens is 1. The highest BCUT2D eigenvalue weighted by molar-refractivity contribution is 6.34. The number of aliphatic hydroxyl groups is 4. The Morgan fingerprint density at radius 2 is 1.62 bits per heavy atom. The molecule has 47 heavy (non-hydrogen) atoms. The molecule has 2 fully saturated rings. The summed E-state index contributed by atoms with van der Waals surface area (Å²) in [5.41, 5.74) is 5.40. The van der Waals surface area contributed by atoms with Crippen molar-refractivity contribution in [2.75, 3.05) is 39.6 Å². The summed E-state index contributed by atoms with van der Waals surface area (Å²) in [6, 6.07) is 20.6. The Morgan fingerprint density at radius 3 is 2.32 bits per heavy atom. The van der Waals surface area contributed by atoms with Gasteiger partial charge in [-0.3, -0.25) is 4.79 Å². The van der Waals surface area contributed by atoms with Gasteiger partial charge in [0.25, 0.3) is 6.01 Å². The van der Waals surface area contributed by atoms with Crippen LogP contribution in [-0.4, -0.2) is 100 Å². The van der Waals surface area contributed by atoms with Crippen LogP contribution < -0.4 is 10.1 Å². The zero-order chi connectivity index (χ0) is 33.0. The molecular formula is C35H40ClN3O8. The van der Waals surface area contributed by atoms with Crippen molar-refractivity contribution in [1.82, 2.24) is 15.3 Å². The molecule has 0 spiro atoms. The average molecular weight is 666 g/mol. The number of fused-ring (bicyclic) bond motifs is 2. The second-order valence-corrected chi connectivity index (χ2v) is 12.9. The van der Waals surface area contributed by atoms with Gasteiger partial charge in [-0.2, -0.15) is 4.98 Å². The largest absolute Gasteiger partial charge is 0.456 e. The van der Waals surface area contributed by atoms with E-state index in [1.807, 2.05) is 24.3 Å². The van der Waals surface area contributed by atoms with Crippen LogP contribution in [-0.2, 0) is 20.8 Å². The van der Waals surface area contributed by atoms with E-state index in [-0.39, 0.29) is 37.1 Å². The summed E-state index contributed by atoms with van der Waals surface area (Å²) >= 11 is 6.69. The molecule has 3 heterocycles. The Balaban J connectivity index is 1.01. The lowest BCUT2D eigenvalue weighted by atomic mass is 9.84. The van der Waals surface area contributed by atoms with Crippen LogP contribution in [0.3, 0.4) is 0 Å². The summed E-state index contributed by atoms with van der Waals surface area (Å²) in [5.74, 6) is -0.0853. The second kappa shape index (κ2) is 14.8. The van der Waals surface area contributed by atoms with E-state index in [9.17, 15) is 25.2 Å². The maximum Gasteiger partial charge on any atom is 0.295 e. The predicted octanol–water partition coefficient (Wildman–Crippen LogP) is 3.25. The molecule has 12 heteroatoms. The Morgan fingerprint density at radius 1 is 0.957 bits per heavy atom. The number of benzene rings is 3. The number of aromatic nitrogens is 2. The van der Waals surface area contributed by atoms with Gasteiger partial charge in [-0.1, -0.05) is 60.1 Å². The van der Waals surface area contributed by atoms with Gasteiger partial charge in [0.15, 0.2) is 6.10 Å². The van der Waals surface area contributed by atoms with Gasteiger partial charge in [-0.05, 0) is 47.4 Å². The van der Waals surface area contributed by atoms with E-state index in [2.05, 4.69) is 51.7 Å². The van der Waals surface area contributed by atoms with Crippen molar-refractivity contribution in [3.05, 3.63) is 71.2 Å². The molecule has 250 valence electrons. The van der Waals surface area contributed by atoms with Gasteiger partial charge in [-0.15, -0.1) is 0 Å². The molecule has 6 rings (SSSR count). The summed E-state index contributed by atoms with van der Waals surface area (Å²) in [6.45, 7) is 0.573. The standard InChI is InChI=1S/C35H40ClN3O8/c36-27-13-29-28(38-34(39-29)47-31-17-46-32-30(44)16-45-33(31)32)12-26(27)24-9-7-23(8-10-24)22-5-3-21(4-6-22)15-37-11-1-2-25(43)14-35(18-40,19-41)20-42/h3-10,12-13,30-33,37,40-42,44H,1-2,11,14-20H2,(H,38,39)/t30-,31-,32-,33-/m1/s1. The summed E-state index contributed by atoms with van der Waals surface area (Å²) in [7, 11) is 0. The number of hydrogen-bond donors (Lipinski definition) is 6. The number of halogens is 1. The number of carbonyl (C=O) groups excluding carboxylic acids is 1. The van der Waals surface area contributed by atoms with E-state index in [0.717, 1.165) is 33.3 Å². The van der Waals surface area contributed by atoms with Crippen LogP contribution in [0.4, 0.5) is 0 Å². The van der Waals surface area contributed by atoms with Crippen molar-refractivity contribution in [3.8, 4) is 28.3 Å². The third-order valence-electron chi connectivity index (χ3n) is 8.99. The SMILES string of the molecule is O=C(CCCNCc1ccc(-c2ccc(-c3cc4nc(O[C@@H]5CO[C@H]6[C@@H]5OC[C@H]6O)[nH]c4cc3Cl)cc2)cc1)CC(CO)(CO)CO. The second-order valence-electron chi connectivity index (χ2n) is 12.5. The topological polar surface area (TPSA) is 166 Å². The molecule has 1 aromatic heterocycles. The van der Waals surface area contributed by atoms with Gasteiger partial charge in [0.2, 0.25) is 0 Å². The zero-order valence-electron chi connectivity index (χ0n) is 25.9. The Kier molecular flexibility index (Phi) is 10.5. The van der Waals surface area contributed by atoms with Crippen LogP contribution in [0, 0.1) is 5.41 Å². The number of aromatic amines is 1. The van der Waals surface area contributed by atoms with Crippen LogP contribution in [0.5, 0.6) is 6.01 Å². The summed E-state index contributed by atoms with van der Waals surface area (Å²) in [6.07, 6.45) is -0.801. The Labute approximate surface area is 277 Å². The predicted molar refractivity (Wildman–Crippen MR) is 176 cm³/mol. The average Bonchev–Trinajstić information content (AvgIpc) is 3.79. The molecule has 6 N–H and O–H groups in total.